The molecule has 2 amide bonds. The highest BCUT2D eigenvalue weighted by Crippen LogP contribution is 2.41. The second-order valence-electron chi connectivity index (χ2n) is 8.45. The van der Waals surface area contributed by atoms with E-state index in [-0.39, 0.29) is 17.3 Å². The molecule has 2 aromatic carbocycles. The summed E-state index contributed by atoms with van der Waals surface area (Å²) in [5.41, 5.74) is 3.55. The van der Waals surface area contributed by atoms with Gasteiger partial charge in [-0.2, -0.15) is 0 Å². The molecule has 0 radical (unpaired) electrons. The van der Waals surface area contributed by atoms with Crippen molar-refractivity contribution in [1.29, 1.82) is 0 Å². The number of nitrogens with zero attached hydrogens (tertiary/aromatic N) is 3. The first-order valence-electron chi connectivity index (χ1n) is 11.1. The number of Topliss-reactive ketones (excluding diaryl/α,β-unsaturated/α-hetero) is 1. The number of hydrogen-bond acceptors (Lipinski definition) is 5. The maximum atomic E-state index is 13.1. The van der Waals surface area contributed by atoms with E-state index in [2.05, 4.69) is 9.97 Å². The highest BCUT2D eigenvalue weighted by molar-refractivity contribution is 6.16. The number of anilines is 2. The van der Waals surface area contributed by atoms with E-state index >= 15 is 0 Å². The average Bonchev–Trinajstić information content (AvgIpc) is 3.30. The van der Waals surface area contributed by atoms with E-state index in [4.69, 9.17) is 0 Å². The monoisotopic (exact) mass is 444 g/mol. The quantitative estimate of drug-likeness (QED) is 0.634. The van der Waals surface area contributed by atoms with Crippen molar-refractivity contribution in [1.82, 2.24) is 9.97 Å². The van der Waals surface area contributed by atoms with Crippen LogP contribution in [0.25, 0.3) is 11.0 Å². The summed E-state index contributed by atoms with van der Waals surface area (Å²) in [6.45, 7) is 2.02. The number of H-pyrrole nitrogens is 1. The molecule has 168 valence electrons. The lowest BCUT2D eigenvalue weighted by Gasteiger charge is -2.27. The van der Waals surface area contributed by atoms with Crippen LogP contribution >= 0.6 is 0 Å². The predicted molar refractivity (Wildman–Crippen MR) is 124 cm³/mol. The van der Waals surface area contributed by atoms with Gasteiger partial charge in [-0.25, -0.2) is 4.98 Å². The Kier molecular flexibility index (Phi) is 5.20. The summed E-state index contributed by atoms with van der Waals surface area (Å²) < 4.78 is 0. The van der Waals surface area contributed by atoms with Crippen molar-refractivity contribution in [3.63, 3.8) is 0 Å². The van der Waals surface area contributed by atoms with Gasteiger partial charge >= 0.3 is 0 Å². The van der Waals surface area contributed by atoms with Gasteiger partial charge in [0.2, 0.25) is 5.91 Å². The van der Waals surface area contributed by atoms with E-state index in [1.807, 2.05) is 24.3 Å². The Morgan fingerprint density at radius 1 is 1.06 bits per heavy atom. The number of aromatic amines is 1. The molecule has 1 atom stereocenters. The molecule has 1 saturated heterocycles. The minimum atomic E-state index is -0.774. The van der Waals surface area contributed by atoms with Gasteiger partial charge < -0.3 is 15.0 Å². The topological polar surface area (TPSA) is 107 Å². The number of carbonyl (C=O) groups is 3. The number of aromatic nitrogens is 2. The normalized spacial score (nSPS) is 19.5. The van der Waals surface area contributed by atoms with Crippen molar-refractivity contribution in [2.24, 2.45) is 0 Å². The summed E-state index contributed by atoms with van der Waals surface area (Å²) in [5, 5.41) is 10.6. The third-order valence-corrected chi connectivity index (χ3v) is 6.36. The number of nitrogens with one attached hydrogen (secondary N) is 1. The molecule has 2 N–H and O–H groups in total. The smallest absolute Gasteiger partial charge is 0.294 e. The number of fused-ring (bicyclic) bond motifs is 1. The SMILES string of the molecule is CC(=O)C1=C(O)C(=O)N(c2ccc3nc[nH]c3c2)C1c1ccc(N2CCCCCC2=O)cc1. The zero-order chi connectivity index (χ0) is 23.1. The van der Waals surface area contributed by atoms with Crippen LogP contribution in [0.1, 0.15) is 44.2 Å². The Morgan fingerprint density at radius 2 is 1.82 bits per heavy atom. The van der Waals surface area contributed by atoms with Crippen LogP contribution in [0.5, 0.6) is 0 Å². The molecule has 0 saturated carbocycles. The van der Waals surface area contributed by atoms with Gasteiger partial charge in [-0.15, -0.1) is 0 Å². The number of rotatable bonds is 4. The number of benzene rings is 2. The van der Waals surface area contributed by atoms with Crippen molar-refractivity contribution < 1.29 is 19.5 Å². The van der Waals surface area contributed by atoms with E-state index in [1.165, 1.54) is 11.8 Å². The third-order valence-electron chi connectivity index (χ3n) is 6.36. The number of ketones is 1. The molecular formula is C25H24N4O4. The van der Waals surface area contributed by atoms with Crippen LogP contribution in [0, 0.1) is 0 Å². The first-order valence-corrected chi connectivity index (χ1v) is 11.1. The van der Waals surface area contributed by atoms with Crippen LogP contribution in [0.15, 0.2) is 60.1 Å². The zero-order valence-corrected chi connectivity index (χ0v) is 18.2. The van der Waals surface area contributed by atoms with Crippen molar-refractivity contribution in [2.45, 2.75) is 38.6 Å². The molecule has 3 aromatic rings. The lowest BCUT2D eigenvalue weighted by Crippen LogP contribution is -2.31. The first kappa shape index (κ1) is 20.9. The molecule has 1 aromatic heterocycles. The maximum Gasteiger partial charge on any atom is 0.294 e. The highest BCUT2D eigenvalue weighted by Gasteiger charge is 2.43. The number of carbonyl (C=O) groups excluding carboxylic acids is 3. The molecule has 3 heterocycles. The van der Waals surface area contributed by atoms with Gasteiger partial charge in [0.05, 0.1) is 29.0 Å². The largest absolute Gasteiger partial charge is 0.503 e. The zero-order valence-electron chi connectivity index (χ0n) is 18.2. The van der Waals surface area contributed by atoms with E-state index in [0.717, 1.165) is 36.0 Å². The minimum Gasteiger partial charge on any atom is -0.503 e. The van der Waals surface area contributed by atoms with Crippen LogP contribution < -0.4 is 9.80 Å². The molecular weight excluding hydrogens is 420 g/mol. The Labute approximate surface area is 190 Å². The molecule has 1 fully saturated rings. The third kappa shape index (κ3) is 3.57. The molecule has 33 heavy (non-hydrogen) atoms. The Hall–Kier alpha value is -3.94. The summed E-state index contributed by atoms with van der Waals surface area (Å²) >= 11 is 0. The molecule has 0 spiro atoms. The minimum absolute atomic E-state index is 0.0586. The van der Waals surface area contributed by atoms with E-state index < -0.39 is 17.7 Å². The lowest BCUT2D eigenvalue weighted by molar-refractivity contribution is -0.118. The van der Waals surface area contributed by atoms with E-state index in [0.29, 0.717) is 24.2 Å². The predicted octanol–water partition coefficient (Wildman–Crippen LogP) is 3.96. The van der Waals surface area contributed by atoms with Crippen molar-refractivity contribution in [3.05, 3.63) is 65.7 Å². The summed E-state index contributed by atoms with van der Waals surface area (Å²) in [7, 11) is 0. The fourth-order valence-corrected chi connectivity index (χ4v) is 4.71. The second-order valence-corrected chi connectivity index (χ2v) is 8.45. The number of imidazole rings is 1. The molecule has 0 aliphatic carbocycles. The van der Waals surface area contributed by atoms with Gasteiger partial charge in [0, 0.05) is 24.3 Å². The molecule has 0 bridgehead atoms. The molecule has 8 heteroatoms. The molecule has 1 unspecified atom stereocenters. The van der Waals surface area contributed by atoms with E-state index in [9.17, 15) is 19.5 Å². The maximum absolute atomic E-state index is 13.1. The highest BCUT2D eigenvalue weighted by atomic mass is 16.3. The average molecular weight is 444 g/mol. The van der Waals surface area contributed by atoms with E-state index in [1.54, 1.807) is 29.4 Å². The van der Waals surface area contributed by atoms with Gasteiger partial charge in [-0.1, -0.05) is 18.6 Å². The summed E-state index contributed by atoms with van der Waals surface area (Å²) in [6, 6.07) is 11.8. The van der Waals surface area contributed by atoms with Gasteiger partial charge in [0.25, 0.3) is 5.91 Å². The van der Waals surface area contributed by atoms with Crippen LogP contribution in [0.2, 0.25) is 0 Å². The van der Waals surface area contributed by atoms with Crippen molar-refractivity contribution >= 4 is 40.0 Å². The van der Waals surface area contributed by atoms with Crippen LogP contribution in [-0.4, -0.2) is 39.2 Å². The Bertz CT molecular complexity index is 1290. The van der Waals surface area contributed by atoms with Gasteiger partial charge in [0.15, 0.2) is 11.5 Å². The summed E-state index contributed by atoms with van der Waals surface area (Å²) in [6.07, 6.45) is 5.00. The fourth-order valence-electron chi connectivity index (χ4n) is 4.71. The van der Waals surface area contributed by atoms with Crippen LogP contribution in [0.3, 0.4) is 0 Å². The number of aliphatic hydroxyl groups is 1. The molecule has 2 aliphatic rings. The summed E-state index contributed by atoms with van der Waals surface area (Å²) in [5.74, 6) is -1.43. The Morgan fingerprint density at radius 3 is 2.58 bits per heavy atom. The fraction of sp³-hybridized carbons (Fsp3) is 0.280. The van der Waals surface area contributed by atoms with Crippen LogP contribution in [0.4, 0.5) is 11.4 Å². The van der Waals surface area contributed by atoms with Gasteiger partial charge in [0.1, 0.15) is 0 Å². The Balaban J connectivity index is 1.55. The van der Waals surface area contributed by atoms with Crippen molar-refractivity contribution in [3.8, 4) is 0 Å². The molecule has 2 aliphatic heterocycles. The molecule has 5 rings (SSSR count). The van der Waals surface area contributed by atoms with Gasteiger partial charge in [-0.3, -0.25) is 19.3 Å². The standard InChI is InChI=1S/C25H24N4O4/c1-15(30)22-23(16-6-8-17(9-7-16)28-12-4-2-3-5-21(28)31)29(25(33)24(22)32)18-10-11-19-20(13-18)27-14-26-19/h6-11,13-14,23,32H,2-5,12H2,1H3,(H,26,27). The number of hydrogen-bond donors (Lipinski definition) is 2. The van der Waals surface area contributed by atoms with Gasteiger partial charge in [-0.05, 0) is 55.7 Å². The summed E-state index contributed by atoms with van der Waals surface area (Å²) in [4.78, 5) is 48.5. The molecule has 8 nitrogen and oxygen atoms in total. The lowest BCUT2D eigenvalue weighted by atomic mass is 9.96. The number of amides is 2. The number of aliphatic hydroxyl groups excluding tert-OH is 1. The second kappa shape index (κ2) is 8.20. The van der Waals surface area contributed by atoms with Crippen LogP contribution in [-0.2, 0) is 14.4 Å². The van der Waals surface area contributed by atoms with Crippen molar-refractivity contribution in [2.75, 3.05) is 16.3 Å². The first-order chi connectivity index (χ1) is 16.0.